The monoisotopic (exact) mass is 274 g/mol. The molecule has 2 aliphatic rings. The third-order valence-electron chi connectivity index (χ3n) is 4.48. The summed E-state index contributed by atoms with van der Waals surface area (Å²) >= 11 is 0. The van der Waals surface area contributed by atoms with Gasteiger partial charge in [0.25, 0.3) is 0 Å². The average molecular weight is 275 g/mol. The first kappa shape index (κ1) is 15.8. The number of nitrogens with one attached hydrogen (secondary N) is 1. The van der Waals surface area contributed by atoms with Gasteiger partial charge in [-0.25, -0.2) is 0 Å². The van der Waals surface area contributed by atoms with Gasteiger partial charge in [0, 0.05) is 19.0 Å². The second kappa shape index (κ2) is 8.00. The molecule has 2 atom stereocenters. The van der Waals surface area contributed by atoms with Crippen LogP contribution in [0.15, 0.2) is 0 Å². The predicted molar refractivity (Wildman–Crippen MR) is 76.8 cm³/mol. The van der Waals surface area contributed by atoms with Crippen LogP contribution in [0.4, 0.5) is 0 Å². The van der Waals surface area contributed by atoms with Crippen molar-refractivity contribution >= 4 is 18.3 Å². The summed E-state index contributed by atoms with van der Waals surface area (Å²) in [4.78, 5) is 11.8. The van der Waals surface area contributed by atoms with E-state index in [0.29, 0.717) is 12.3 Å². The summed E-state index contributed by atoms with van der Waals surface area (Å²) in [5.74, 6) is 1.38. The maximum atomic E-state index is 11.8. The Kier molecular flexibility index (Phi) is 7.02. The van der Waals surface area contributed by atoms with Gasteiger partial charge in [-0.3, -0.25) is 4.79 Å². The molecule has 0 aromatic rings. The first-order chi connectivity index (χ1) is 8.25. The molecule has 0 aliphatic heterocycles. The molecule has 0 heterocycles. The van der Waals surface area contributed by atoms with E-state index < -0.39 is 0 Å². The molecule has 3 nitrogen and oxygen atoms in total. The number of rotatable bonds is 4. The summed E-state index contributed by atoms with van der Waals surface area (Å²) in [5.41, 5.74) is 6.07. The van der Waals surface area contributed by atoms with E-state index in [-0.39, 0.29) is 24.4 Å². The third-order valence-corrected chi connectivity index (χ3v) is 4.48. The highest BCUT2D eigenvalue weighted by atomic mass is 35.5. The van der Waals surface area contributed by atoms with Crippen molar-refractivity contribution in [2.24, 2.45) is 17.6 Å². The number of hydrogen-bond donors (Lipinski definition) is 2. The second-order valence-corrected chi connectivity index (χ2v) is 5.87. The molecule has 2 saturated carbocycles. The Labute approximate surface area is 117 Å². The molecule has 2 aliphatic carbocycles. The lowest BCUT2D eigenvalue weighted by Crippen LogP contribution is -2.38. The molecular formula is C14H27ClN2O. The molecule has 0 aromatic carbocycles. The minimum Gasteiger partial charge on any atom is -0.356 e. The van der Waals surface area contributed by atoms with Crippen LogP contribution in [-0.4, -0.2) is 18.5 Å². The first-order valence-electron chi connectivity index (χ1n) is 7.28. The van der Waals surface area contributed by atoms with Crippen LogP contribution in [-0.2, 0) is 4.79 Å². The minimum absolute atomic E-state index is 0. The van der Waals surface area contributed by atoms with Crippen molar-refractivity contribution in [3.63, 3.8) is 0 Å². The SMILES string of the molecule is Cl.NC1CCCCC1CC(=O)NCC1CCCC1. The van der Waals surface area contributed by atoms with Crippen LogP contribution < -0.4 is 11.1 Å². The topological polar surface area (TPSA) is 55.1 Å². The van der Waals surface area contributed by atoms with Gasteiger partial charge in [0.2, 0.25) is 5.91 Å². The van der Waals surface area contributed by atoms with Crippen molar-refractivity contribution in [3.8, 4) is 0 Å². The van der Waals surface area contributed by atoms with Crippen LogP contribution in [0.3, 0.4) is 0 Å². The van der Waals surface area contributed by atoms with E-state index in [9.17, 15) is 4.79 Å². The zero-order valence-corrected chi connectivity index (χ0v) is 12.0. The van der Waals surface area contributed by atoms with E-state index in [1.165, 1.54) is 38.5 Å². The Balaban J connectivity index is 0.00000162. The summed E-state index contributed by atoms with van der Waals surface area (Å²) < 4.78 is 0. The quantitative estimate of drug-likeness (QED) is 0.828. The highest BCUT2D eigenvalue weighted by Gasteiger charge is 2.24. The van der Waals surface area contributed by atoms with Crippen molar-refractivity contribution in [1.82, 2.24) is 5.32 Å². The molecule has 0 saturated heterocycles. The van der Waals surface area contributed by atoms with Crippen LogP contribution >= 0.6 is 12.4 Å². The highest BCUT2D eigenvalue weighted by Crippen LogP contribution is 2.26. The molecule has 18 heavy (non-hydrogen) atoms. The summed E-state index contributed by atoms with van der Waals surface area (Å²) in [6.45, 7) is 0.890. The highest BCUT2D eigenvalue weighted by molar-refractivity contribution is 5.85. The fourth-order valence-corrected chi connectivity index (χ4v) is 3.27. The molecule has 106 valence electrons. The minimum atomic E-state index is 0. The van der Waals surface area contributed by atoms with E-state index in [0.717, 1.165) is 25.3 Å². The smallest absolute Gasteiger partial charge is 0.220 e. The Hall–Kier alpha value is -0.280. The van der Waals surface area contributed by atoms with Gasteiger partial charge in [0.15, 0.2) is 0 Å². The molecule has 4 heteroatoms. The van der Waals surface area contributed by atoms with E-state index in [1.54, 1.807) is 0 Å². The van der Waals surface area contributed by atoms with Gasteiger partial charge in [-0.1, -0.05) is 25.7 Å². The number of carbonyl (C=O) groups is 1. The van der Waals surface area contributed by atoms with Crippen molar-refractivity contribution in [3.05, 3.63) is 0 Å². The standard InChI is InChI=1S/C14H26N2O.ClH/c15-13-8-4-3-7-12(13)9-14(17)16-10-11-5-1-2-6-11;/h11-13H,1-10,15H2,(H,16,17);1H. The van der Waals surface area contributed by atoms with Crippen molar-refractivity contribution in [2.45, 2.75) is 63.8 Å². The van der Waals surface area contributed by atoms with Crippen LogP contribution in [0.2, 0.25) is 0 Å². The van der Waals surface area contributed by atoms with Crippen molar-refractivity contribution in [1.29, 1.82) is 0 Å². The first-order valence-corrected chi connectivity index (χ1v) is 7.28. The molecule has 0 radical (unpaired) electrons. The third kappa shape index (κ3) is 4.77. The number of halogens is 1. The number of hydrogen-bond acceptors (Lipinski definition) is 2. The van der Waals surface area contributed by atoms with Crippen molar-refractivity contribution < 1.29 is 4.79 Å². The molecule has 2 unspecified atom stereocenters. The second-order valence-electron chi connectivity index (χ2n) is 5.87. The molecule has 3 N–H and O–H groups in total. The Morgan fingerprint density at radius 1 is 1.06 bits per heavy atom. The summed E-state index contributed by atoms with van der Waals surface area (Å²) in [5, 5.41) is 3.10. The normalized spacial score (nSPS) is 28.7. The lowest BCUT2D eigenvalue weighted by Gasteiger charge is -2.28. The zero-order chi connectivity index (χ0) is 12.1. The van der Waals surface area contributed by atoms with Gasteiger partial charge >= 0.3 is 0 Å². The maximum absolute atomic E-state index is 11.8. The van der Waals surface area contributed by atoms with Crippen LogP contribution in [0.25, 0.3) is 0 Å². The molecule has 2 rings (SSSR count). The lowest BCUT2D eigenvalue weighted by atomic mass is 9.83. The average Bonchev–Trinajstić information content (AvgIpc) is 2.82. The molecule has 0 aromatic heterocycles. The van der Waals surface area contributed by atoms with Gasteiger partial charge in [-0.2, -0.15) is 0 Å². The Bertz CT molecular complexity index is 254. The van der Waals surface area contributed by atoms with E-state index in [1.807, 2.05) is 0 Å². The molecule has 1 amide bonds. The molecule has 0 bridgehead atoms. The van der Waals surface area contributed by atoms with E-state index >= 15 is 0 Å². The largest absolute Gasteiger partial charge is 0.356 e. The van der Waals surface area contributed by atoms with Crippen LogP contribution in [0, 0.1) is 11.8 Å². The van der Waals surface area contributed by atoms with Gasteiger partial charge in [0.1, 0.15) is 0 Å². The van der Waals surface area contributed by atoms with Crippen LogP contribution in [0.5, 0.6) is 0 Å². The maximum Gasteiger partial charge on any atom is 0.220 e. The van der Waals surface area contributed by atoms with Gasteiger partial charge in [0.05, 0.1) is 0 Å². The van der Waals surface area contributed by atoms with Gasteiger partial charge in [-0.05, 0) is 37.5 Å². The summed E-state index contributed by atoms with van der Waals surface area (Å²) in [6, 6.07) is 0.251. The van der Waals surface area contributed by atoms with Crippen LogP contribution in [0.1, 0.15) is 57.8 Å². The summed E-state index contributed by atoms with van der Waals surface area (Å²) in [7, 11) is 0. The Morgan fingerprint density at radius 2 is 1.67 bits per heavy atom. The summed E-state index contributed by atoms with van der Waals surface area (Å²) in [6.07, 6.45) is 10.6. The molecule has 0 spiro atoms. The number of nitrogens with two attached hydrogens (primary N) is 1. The molecular weight excluding hydrogens is 248 g/mol. The van der Waals surface area contributed by atoms with Crippen molar-refractivity contribution in [2.75, 3.05) is 6.54 Å². The number of carbonyl (C=O) groups excluding carboxylic acids is 1. The van der Waals surface area contributed by atoms with Gasteiger partial charge in [-0.15, -0.1) is 12.4 Å². The van der Waals surface area contributed by atoms with E-state index in [4.69, 9.17) is 5.73 Å². The zero-order valence-electron chi connectivity index (χ0n) is 11.2. The molecule has 2 fully saturated rings. The van der Waals surface area contributed by atoms with Gasteiger partial charge < -0.3 is 11.1 Å². The Morgan fingerprint density at radius 3 is 2.33 bits per heavy atom. The van der Waals surface area contributed by atoms with E-state index in [2.05, 4.69) is 5.32 Å². The number of amides is 1. The fourth-order valence-electron chi connectivity index (χ4n) is 3.27. The lowest BCUT2D eigenvalue weighted by molar-refractivity contribution is -0.122. The fraction of sp³-hybridized carbons (Fsp3) is 0.929. The predicted octanol–water partition coefficient (Wildman–Crippen LogP) is 2.62.